The molecular formula is C17H20N4O. The monoisotopic (exact) mass is 296 g/mol. The van der Waals surface area contributed by atoms with Crippen LogP contribution in [-0.2, 0) is 6.42 Å². The molecule has 3 rings (SSSR count). The summed E-state index contributed by atoms with van der Waals surface area (Å²) < 4.78 is 5.65. The van der Waals surface area contributed by atoms with Gasteiger partial charge in [-0.2, -0.15) is 0 Å². The number of ether oxygens (including phenoxy) is 1. The number of fused-ring (bicyclic) bond motifs is 1. The third-order valence-electron chi connectivity index (χ3n) is 3.71. The lowest BCUT2D eigenvalue weighted by Crippen LogP contribution is -2.37. The van der Waals surface area contributed by atoms with E-state index in [9.17, 15) is 0 Å². The molecule has 1 aromatic heterocycles. The van der Waals surface area contributed by atoms with Gasteiger partial charge in [0.05, 0.1) is 12.6 Å². The third-order valence-corrected chi connectivity index (χ3v) is 3.71. The van der Waals surface area contributed by atoms with Gasteiger partial charge in [-0.05, 0) is 30.2 Å². The van der Waals surface area contributed by atoms with Crippen LogP contribution in [0.1, 0.15) is 23.6 Å². The molecule has 1 aliphatic rings. The Hall–Kier alpha value is -2.56. The first kappa shape index (κ1) is 14.4. The number of benzene rings is 1. The molecule has 114 valence electrons. The van der Waals surface area contributed by atoms with Gasteiger partial charge in [-0.3, -0.25) is 9.98 Å². The van der Waals surface area contributed by atoms with Crippen LogP contribution < -0.4 is 15.8 Å². The van der Waals surface area contributed by atoms with E-state index in [1.54, 1.807) is 12.4 Å². The van der Waals surface area contributed by atoms with E-state index in [4.69, 9.17) is 10.5 Å². The van der Waals surface area contributed by atoms with Gasteiger partial charge in [0.1, 0.15) is 5.75 Å². The van der Waals surface area contributed by atoms with Gasteiger partial charge in [-0.1, -0.05) is 18.2 Å². The molecule has 5 nitrogen and oxygen atoms in total. The summed E-state index contributed by atoms with van der Waals surface area (Å²) in [5.41, 5.74) is 8.36. The van der Waals surface area contributed by atoms with Crippen LogP contribution in [0.15, 0.2) is 53.8 Å². The topological polar surface area (TPSA) is 72.5 Å². The van der Waals surface area contributed by atoms with Crippen molar-refractivity contribution in [1.29, 1.82) is 0 Å². The van der Waals surface area contributed by atoms with Gasteiger partial charge < -0.3 is 15.8 Å². The Morgan fingerprint density at radius 1 is 1.27 bits per heavy atom. The standard InChI is InChI=1S/C17H20N4O/c18-17(20-11-7-13-5-9-19-10-6-13)21-15-8-12-22-16-4-2-1-3-14(15)16/h1-6,9-10,15H,7-8,11-12H2,(H3,18,20,21). The van der Waals surface area contributed by atoms with Crippen molar-refractivity contribution in [2.24, 2.45) is 10.7 Å². The fourth-order valence-electron chi connectivity index (χ4n) is 2.57. The fourth-order valence-corrected chi connectivity index (χ4v) is 2.57. The van der Waals surface area contributed by atoms with Crippen molar-refractivity contribution in [3.63, 3.8) is 0 Å². The smallest absolute Gasteiger partial charge is 0.189 e. The molecule has 1 atom stereocenters. The molecule has 0 amide bonds. The summed E-state index contributed by atoms with van der Waals surface area (Å²) in [4.78, 5) is 8.41. The zero-order valence-electron chi connectivity index (χ0n) is 12.4. The highest BCUT2D eigenvalue weighted by molar-refractivity contribution is 5.78. The lowest BCUT2D eigenvalue weighted by molar-refractivity contribution is 0.262. The first-order chi connectivity index (χ1) is 10.8. The Kier molecular flexibility index (Phi) is 4.53. The highest BCUT2D eigenvalue weighted by Crippen LogP contribution is 2.31. The molecule has 0 bridgehead atoms. The van der Waals surface area contributed by atoms with E-state index >= 15 is 0 Å². The van der Waals surface area contributed by atoms with E-state index in [-0.39, 0.29) is 6.04 Å². The summed E-state index contributed by atoms with van der Waals surface area (Å²) in [5, 5.41) is 3.30. The Labute approximate surface area is 130 Å². The minimum absolute atomic E-state index is 0.162. The zero-order valence-corrected chi connectivity index (χ0v) is 12.4. The van der Waals surface area contributed by atoms with Gasteiger partial charge in [-0.25, -0.2) is 0 Å². The third kappa shape index (κ3) is 3.55. The minimum Gasteiger partial charge on any atom is -0.493 e. The Morgan fingerprint density at radius 2 is 2.09 bits per heavy atom. The second kappa shape index (κ2) is 6.93. The van der Waals surface area contributed by atoms with Gasteiger partial charge in [0.15, 0.2) is 5.96 Å². The number of pyridine rings is 1. The lowest BCUT2D eigenvalue weighted by atomic mass is 10.0. The molecule has 0 saturated carbocycles. The van der Waals surface area contributed by atoms with Crippen LogP contribution in [0, 0.1) is 0 Å². The first-order valence-electron chi connectivity index (χ1n) is 7.50. The average Bonchev–Trinajstić information content (AvgIpc) is 2.56. The van der Waals surface area contributed by atoms with Gasteiger partial charge in [0, 0.05) is 30.9 Å². The predicted octanol–water partition coefficient (Wildman–Crippen LogP) is 2.05. The summed E-state index contributed by atoms with van der Waals surface area (Å²) in [7, 11) is 0. The molecule has 0 fully saturated rings. The van der Waals surface area contributed by atoms with Crippen molar-refractivity contribution in [3.05, 3.63) is 59.9 Å². The van der Waals surface area contributed by atoms with E-state index in [1.807, 2.05) is 30.3 Å². The molecule has 2 heterocycles. The number of guanidine groups is 1. The highest BCUT2D eigenvalue weighted by Gasteiger charge is 2.20. The summed E-state index contributed by atoms with van der Waals surface area (Å²) in [6.45, 7) is 1.35. The summed E-state index contributed by atoms with van der Waals surface area (Å²) >= 11 is 0. The van der Waals surface area contributed by atoms with E-state index in [2.05, 4.69) is 21.4 Å². The van der Waals surface area contributed by atoms with Crippen LogP contribution in [0.4, 0.5) is 0 Å². The van der Waals surface area contributed by atoms with Crippen LogP contribution in [0.3, 0.4) is 0 Å². The fraction of sp³-hybridized carbons (Fsp3) is 0.294. The Balaban J connectivity index is 1.58. The molecule has 2 aromatic rings. The number of nitrogens with one attached hydrogen (secondary N) is 1. The lowest BCUT2D eigenvalue weighted by Gasteiger charge is -2.26. The number of nitrogens with two attached hydrogens (primary N) is 1. The zero-order chi connectivity index (χ0) is 15.2. The van der Waals surface area contributed by atoms with Crippen LogP contribution in [0.5, 0.6) is 5.75 Å². The van der Waals surface area contributed by atoms with E-state index in [1.165, 1.54) is 5.56 Å². The van der Waals surface area contributed by atoms with Crippen molar-refractivity contribution in [3.8, 4) is 5.75 Å². The molecule has 1 aromatic carbocycles. The minimum atomic E-state index is 0.162. The van der Waals surface area contributed by atoms with E-state index in [0.717, 1.165) is 24.2 Å². The molecule has 5 heteroatoms. The summed E-state index contributed by atoms with van der Waals surface area (Å²) in [6, 6.07) is 12.2. The summed E-state index contributed by atoms with van der Waals surface area (Å²) in [5.74, 6) is 1.41. The quantitative estimate of drug-likeness (QED) is 0.669. The number of para-hydroxylation sites is 1. The Bertz CT molecular complexity index is 642. The second-order valence-electron chi connectivity index (χ2n) is 5.24. The average molecular weight is 296 g/mol. The number of nitrogens with zero attached hydrogens (tertiary/aromatic N) is 2. The predicted molar refractivity (Wildman–Crippen MR) is 86.9 cm³/mol. The van der Waals surface area contributed by atoms with Crippen molar-refractivity contribution >= 4 is 5.96 Å². The van der Waals surface area contributed by atoms with E-state index in [0.29, 0.717) is 19.1 Å². The number of aromatic nitrogens is 1. The van der Waals surface area contributed by atoms with Gasteiger partial charge in [0.25, 0.3) is 0 Å². The first-order valence-corrected chi connectivity index (χ1v) is 7.50. The normalized spacial score (nSPS) is 17.5. The molecule has 1 aliphatic heterocycles. The summed E-state index contributed by atoms with van der Waals surface area (Å²) in [6.07, 6.45) is 5.33. The number of rotatable bonds is 4. The van der Waals surface area contributed by atoms with Crippen molar-refractivity contribution in [2.75, 3.05) is 13.2 Å². The second-order valence-corrected chi connectivity index (χ2v) is 5.24. The maximum atomic E-state index is 6.01. The van der Waals surface area contributed by atoms with Crippen LogP contribution in [-0.4, -0.2) is 24.1 Å². The van der Waals surface area contributed by atoms with Gasteiger partial charge >= 0.3 is 0 Å². The molecule has 0 aliphatic carbocycles. The maximum Gasteiger partial charge on any atom is 0.189 e. The number of aliphatic imine (C=N–C) groups is 1. The van der Waals surface area contributed by atoms with Crippen LogP contribution in [0.25, 0.3) is 0 Å². The molecule has 1 unspecified atom stereocenters. The van der Waals surface area contributed by atoms with Crippen molar-refractivity contribution < 1.29 is 4.74 Å². The van der Waals surface area contributed by atoms with Gasteiger partial charge in [-0.15, -0.1) is 0 Å². The molecule has 3 N–H and O–H groups in total. The van der Waals surface area contributed by atoms with Crippen molar-refractivity contribution in [1.82, 2.24) is 10.3 Å². The largest absolute Gasteiger partial charge is 0.493 e. The molecule has 22 heavy (non-hydrogen) atoms. The van der Waals surface area contributed by atoms with Crippen molar-refractivity contribution in [2.45, 2.75) is 18.9 Å². The highest BCUT2D eigenvalue weighted by atomic mass is 16.5. The molecule has 0 radical (unpaired) electrons. The SMILES string of the molecule is NC(=NCCc1ccncc1)NC1CCOc2ccccc21. The molecule has 0 saturated heterocycles. The Morgan fingerprint density at radius 3 is 2.95 bits per heavy atom. The van der Waals surface area contributed by atoms with Crippen LogP contribution >= 0.6 is 0 Å². The van der Waals surface area contributed by atoms with E-state index < -0.39 is 0 Å². The number of hydrogen-bond acceptors (Lipinski definition) is 3. The van der Waals surface area contributed by atoms with Crippen LogP contribution in [0.2, 0.25) is 0 Å². The molecular weight excluding hydrogens is 276 g/mol. The van der Waals surface area contributed by atoms with Gasteiger partial charge in [0.2, 0.25) is 0 Å². The molecule has 0 spiro atoms. The maximum absolute atomic E-state index is 6.01. The number of hydrogen-bond donors (Lipinski definition) is 2.